The maximum Gasteiger partial charge on any atom is 0.196 e. The molecule has 56 heavy (non-hydrogen) atoms. The molecule has 0 fully saturated rings. The summed E-state index contributed by atoms with van der Waals surface area (Å²) in [6.45, 7) is 10.7. The molecule has 0 spiro atoms. The molecule has 0 bridgehead atoms. The number of nitrogens with zero attached hydrogens (tertiary/aromatic N) is 2. The molecule has 0 saturated carbocycles. The predicted octanol–water partition coefficient (Wildman–Crippen LogP) is 6.07. The molecule has 320 valence electrons. The van der Waals surface area contributed by atoms with E-state index >= 15 is 0 Å². The molecule has 3 rings (SSSR count). The van der Waals surface area contributed by atoms with Gasteiger partial charge in [0.2, 0.25) is 0 Å². The van der Waals surface area contributed by atoms with Gasteiger partial charge >= 0.3 is 0 Å². The largest absolute Gasteiger partial charge is 1.00 e. The van der Waals surface area contributed by atoms with Gasteiger partial charge in [-0.1, -0.05) is 141 Å². The van der Waals surface area contributed by atoms with Crippen LogP contribution in [-0.4, -0.2) is 88.0 Å². The number of nitrogens with one attached hydrogen (secondary N) is 2. The van der Waals surface area contributed by atoms with Gasteiger partial charge in [0, 0.05) is 48.4 Å². The van der Waals surface area contributed by atoms with Crippen molar-refractivity contribution >= 4 is 22.9 Å². The van der Waals surface area contributed by atoms with Crippen molar-refractivity contribution in [2.45, 2.75) is 155 Å². The Bertz CT molecular complexity index is 1280. The van der Waals surface area contributed by atoms with Crippen molar-refractivity contribution in [2.75, 3.05) is 78.1 Å². The van der Waals surface area contributed by atoms with Crippen LogP contribution in [0.2, 0.25) is 0 Å². The lowest BCUT2D eigenvalue weighted by Crippen LogP contribution is -3.00. The van der Waals surface area contributed by atoms with E-state index in [1.807, 2.05) is 24.3 Å². The van der Waals surface area contributed by atoms with Gasteiger partial charge in [-0.25, -0.2) is 0 Å². The summed E-state index contributed by atoms with van der Waals surface area (Å²) in [5, 5.41) is 7.16. The molecular formula is C48H82Br2N4O2. The number of carbonyl (C=O) groups excluding carboxylic acids is 2. The SMILES string of the molecule is CCCCCCCCCCCC[N+](C)(C)CCCNc1ccc(NCCC[N+](C)(C)CCCCCCCCCCCC)c2c1C(=O)c1ccccc1C2=O.[Br-].[Br-]. The van der Waals surface area contributed by atoms with Gasteiger partial charge in [0.05, 0.1) is 65.5 Å². The number of rotatable bonds is 32. The lowest BCUT2D eigenvalue weighted by molar-refractivity contribution is -0.890. The first-order valence-electron chi connectivity index (χ1n) is 22.6. The number of hydrogen-bond donors (Lipinski definition) is 2. The highest BCUT2D eigenvalue weighted by atomic mass is 79.9. The van der Waals surface area contributed by atoms with E-state index in [-0.39, 0.29) is 45.5 Å². The predicted molar refractivity (Wildman–Crippen MR) is 233 cm³/mol. The first-order valence-corrected chi connectivity index (χ1v) is 22.6. The molecule has 0 unspecified atom stereocenters. The van der Waals surface area contributed by atoms with Crippen LogP contribution in [0.15, 0.2) is 36.4 Å². The maximum atomic E-state index is 14.0. The van der Waals surface area contributed by atoms with E-state index in [0.717, 1.165) is 59.4 Å². The number of fused-ring (bicyclic) bond motifs is 2. The third-order valence-corrected chi connectivity index (χ3v) is 11.8. The van der Waals surface area contributed by atoms with Crippen molar-refractivity contribution in [3.63, 3.8) is 0 Å². The van der Waals surface area contributed by atoms with Gasteiger partial charge in [0.25, 0.3) is 0 Å². The maximum absolute atomic E-state index is 14.0. The Morgan fingerprint density at radius 3 is 1.02 bits per heavy atom. The van der Waals surface area contributed by atoms with Gasteiger partial charge in [0.1, 0.15) is 0 Å². The average Bonchev–Trinajstić information content (AvgIpc) is 3.15. The van der Waals surface area contributed by atoms with Crippen molar-refractivity contribution < 1.29 is 52.5 Å². The van der Waals surface area contributed by atoms with Crippen LogP contribution < -0.4 is 44.6 Å². The minimum atomic E-state index is -0.0577. The first-order chi connectivity index (χ1) is 26.1. The van der Waals surface area contributed by atoms with E-state index in [2.05, 4.69) is 52.7 Å². The number of hydrogen-bond acceptors (Lipinski definition) is 4. The molecule has 1 aliphatic carbocycles. The summed E-state index contributed by atoms with van der Waals surface area (Å²) in [6.07, 6.45) is 29.4. The number of benzene rings is 2. The smallest absolute Gasteiger partial charge is 0.196 e. The molecule has 0 radical (unpaired) electrons. The Labute approximate surface area is 365 Å². The minimum Gasteiger partial charge on any atom is -1.00 e. The molecule has 0 saturated heterocycles. The highest BCUT2D eigenvalue weighted by molar-refractivity contribution is 6.31. The number of carbonyl (C=O) groups is 2. The van der Waals surface area contributed by atoms with Crippen LogP contribution in [0, 0.1) is 0 Å². The second-order valence-electron chi connectivity index (χ2n) is 17.8. The molecule has 0 amide bonds. The van der Waals surface area contributed by atoms with Gasteiger partial charge in [-0.15, -0.1) is 0 Å². The lowest BCUT2D eigenvalue weighted by Gasteiger charge is -2.30. The van der Waals surface area contributed by atoms with Crippen LogP contribution in [0.1, 0.15) is 187 Å². The van der Waals surface area contributed by atoms with Crippen molar-refractivity contribution in [1.29, 1.82) is 0 Å². The quantitative estimate of drug-likeness (QED) is 0.0591. The molecule has 0 atom stereocenters. The molecular weight excluding hydrogens is 824 g/mol. The molecule has 0 heterocycles. The number of halogens is 2. The number of anilines is 2. The second-order valence-corrected chi connectivity index (χ2v) is 17.8. The molecule has 2 aromatic rings. The van der Waals surface area contributed by atoms with E-state index < -0.39 is 0 Å². The van der Waals surface area contributed by atoms with Gasteiger partial charge < -0.3 is 53.6 Å². The van der Waals surface area contributed by atoms with Gasteiger partial charge in [0.15, 0.2) is 11.6 Å². The van der Waals surface area contributed by atoms with Crippen molar-refractivity contribution in [2.24, 2.45) is 0 Å². The Balaban J connectivity index is 0.00000784. The lowest BCUT2D eigenvalue weighted by atomic mass is 9.82. The summed E-state index contributed by atoms with van der Waals surface area (Å²) < 4.78 is 2.03. The summed E-state index contributed by atoms with van der Waals surface area (Å²) in [5.41, 5.74) is 3.63. The molecule has 2 N–H and O–H groups in total. The fraction of sp³-hybridized carbons (Fsp3) is 0.708. The normalized spacial score (nSPS) is 12.5. The summed E-state index contributed by atoms with van der Waals surface area (Å²) >= 11 is 0. The summed E-state index contributed by atoms with van der Waals surface area (Å²) in [7, 11) is 9.36. The van der Waals surface area contributed by atoms with E-state index in [1.54, 1.807) is 12.1 Å². The Morgan fingerprint density at radius 2 is 0.696 bits per heavy atom. The summed E-state index contributed by atoms with van der Waals surface area (Å²) in [5.74, 6) is -0.115. The molecule has 8 heteroatoms. The molecule has 0 aromatic heterocycles. The molecule has 1 aliphatic rings. The summed E-state index contributed by atoms with van der Waals surface area (Å²) in [4.78, 5) is 27.9. The third kappa shape index (κ3) is 19.3. The molecule has 6 nitrogen and oxygen atoms in total. The third-order valence-electron chi connectivity index (χ3n) is 11.8. The van der Waals surface area contributed by atoms with Gasteiger partial charge in [-0.05, 0) is 37.8 Å². The fourth-order valence-electron chi connectivity index (χ4n) is 8.26. The minimum absolute atomic E-state index is 0. The first kappa shape index (κ1) is 52.3. The van der Waals surface area contributed by atoms with E-state index in [9.17, 15) is 9.59 Å². The zero-order valence-corrected chi connectivity index (χ0v) is 39.9. The average molecular weight is 907 g/mol. The van der Waals surface area contributed by atoms with E-state index in [1.165, 1.54) is 142 Å². The number of unbranched alkanes of at least 4 members (excludes halogenated alkanes) is 18. The van der Waals surface area contributed by atoms with Crippen LogP contribution in [0.3, 0.4) is 0 Å². The van der Waals surface area contributed by atoms with Crippen LogP contribution in [0.5, 0.6) is 0 Å². The zero-order valence-electron chi connectivity index (χ0n) is 36.7. The van der Waals surface area contributed by atoms with Crippen LogP contribution in [0.4, 0.5) is 11.4 Å². The van der Waals surface area contributed by atoms with Crippen molar-refractivity contribution in [3.8, 4) is 0 Å². The van der Waals surface area contributed by atoms with Gasteiger partial charge in [-0.2, -0.15) is 0 Å². The Morgan fingerprint density at radius 1 is 0.411 bits per heavy atom. The van der Waals surface area contributed by atoms with Crippen LogP contribution in [0.25, 0.3) is 0 Å². The highest BCUT2D eigenvalue weighted by Crippen LogP contribution is 2.36. The number of quaternary nitrogens is 2. The Hall–Kier alpha value is -1.74. The standard InChI is InChI=1S/C48H80N4O2.2BrH/c1-7-9-11-13-15-17-19-21-23-27-37-51(3,4)39-29-35-49-43-33-34-44(46-45(43)47(53)41-31-25-26-32-42(41)48(46)54)50-36-30-40-52(5,6)38-28-24-22-20-18-16-14-12-10-8-2;;/h25-26,31-34H,7-24,27-30,35-40H2,1-6H3;2*1H. The molecule has 2 aromatic carbocycles. The Kier molecular flexibility index (Phi) is 27.5. The van der Waals surface area contributed by atoms with Crippen LogP contribution >= 0.6 is 0 Å². The van der Waals surface area contributed by atoms with Crippen molar-refractivity contribution in [3.05, 3.63) is 58.7 Å². The van der Waals surface area contributed by atoms with Gasteiger partial charge in [-0.3, -0.25) is 9.59 Å². The van der Waals surface area contributed by atoms with E-state index in [4.69, 9.17) is 0 Å². The van der Waals surface area contributed by atoms with E-state index in [0.29, 0.717) is 22.3 Å². The number of ketones is 2. The second kappa shape index (κ2) is 29.5. The van der Waals surface area contributed by atoms with Crippen molar-refractivity contribution in [1.82, 2.24) is 0 Å². The zero-order chi connectivity index (χ0) is 39.1. The highest BCUT2D eigenvalue weighted by Gasteiger charge is 2.34. The fourth-order valence-corrected chi connectivity index (χ4v) is 8.26. The topological polar surface area (TPSA) is 58.2 Å². The summed E-state index contributed by atoms with van der Waals surface area (Å²) in [6, 6.07) is 11.3. The van der Waals surface area contributed by atoms with Crippen LogP contribution in [-0.2, 0) is 0 Å². The monoisotopic (exact) mass is 904 g/mol. The molecule has 0 aliphatic heterocycles.